The second kappa shape index (κ2) is 6.27. The van der Waals surface area contributed by atoms with E-state index in [0.717, 1.165) is 14.5 Å². The number of hydrogen-bond donors (Lipinski definition) is 1. The molecule has 2 rings (SSSR count). The molecule has 1 heterocycles. The van der Waals surface area contributed by atoms with Crippen molar-refractivity contribution in [2.45, 2.75) is 13.0 Å². The van der Waals surface area contributed by atoms with Crippen molar-refractivity contribution < 1.29 is 0 Å². The molecule has 0 spiro atoms. The van der Waals surface area contributed by atoms with E-state index in [2.05, 4.69) is 65.1 Å². The smallest absolute Gasteiger partial charge is 0.107 e. The van der Waals surface area contributed by atoms with Gasteiger partial charge in [0.1, 0.15) is 4.34 Å². The Morgan fingerprint density at radius 3 is 2.68 bits per heavy atom. The SMILES string of the molecule is Cc1cccc(N(C)C(CN)c2cc(Br)c(Cl)s2)c1. The van der Waals surface area contributed by atoms with E-state index in [1.165, 1.54) is 10.4 Å². The molecule has 2 N–H and O–H groups in total. The van der Waals surface area contributed by atoms with E-state index in [1.54, 1.807) is 11.3 Å². The highest BCUT2D eigenvalue weighted by Gasteiger charge is 2.19. The van der Waals surface area contributed by atoms with Crippen LogP contribution in [-0.2, 0) is 0 Å². The first kappa shape index (κ1) is 14.9. The van der Waals surface area contributed by atoms with Crippen LogP contribution in [0.25, 0.3) is 0 Å². The summed E-state index contributed by atoms with van der Waals surface area (Å²) in [5.74, 6) is 0. The molecule has 2 aromatic rings. The largest absolute Gasteiger partial charge is 0.365 e. The molecule has 19 heavy (non-hydrogen) atoms. The fourth-order valence-corrected chi connectivity index (χ4v) is 3.91. The van der Waals surface area contributed by atoms with Gasteiger partial charge in [0.2, 0.25) is 0 Å². The second-order valence-corrected chi connectivity index (χ2v) is 7.01. The number of nitrogens with zero attached hydrogens (tertiary/aromatic N) is 1. The Labute approximate surface area is 131 Å². The van der Waals surface area contributed by atoms with E-state index in [9.17, 15) is 0 Å². The van der Waals surface area contributed by atoms with Crippen LogP contribution in [0.2, 0.25) is 4.34 Å². The molecule has 0 saturated carbocycles. The van der Waals surface area contributed by atoms with Gasteiger partial charge in [-0.3, -0.25) is 0 Å². The van der Waals surface area contributed by atoms with Crippen LogP contribution in [0, 0.1) is 6.92 Å². The van der Waals surface area contributed by atoms with E-state index in [1.807, 2.05) is 0 Å². The average Bonchev–Trinajstić information content (AvgIpc) is 2.70. The minimum Gasteiger partial charge on any atom is -0.365 e. The van der Waals surface area contributed by atoms with E-state index >= 15 is 0 Å². The Balaban J connectivity index is 2.31. The summed E-state index contributed by atoms with van der Waals surface area (Å²) in [5.41, 5.74) is 8.35. The van der Waals surface area contributed by atoms with E-state index in [0.29, 0.717) is 6.54 Å². The lowest BCUT2D eigenvalue weighted by Gasteiger charge is -2.28. The lowest BCUT2D eigenvalue weighted by Crippen LogP contribution is -2.29. The molecule has 2 nitrogen and oxygen atoms in total. The Kier molecular flexibility index (Phi) is 4.90. The van der Waals surface area contributed by atoms with Crippen LogP contribution < -0.4 is 10.6 Å². The van der Waals surface area contributed by atoms with Gasteiger partial charge in [0.05, 0.1) is 6.04 Å². The van der Waals surface area contributed by atoms with Crippen molar-refractivity contribution in [2.24, 2.45) is 5.73 Å². The number of rotatable bonds is 4. The molecule has 1 unspecified atom stereocenters. The normalized spacial score (nSPS) is 12.5. The molecule has 1 atom stereocenters. The van der Waals surface area contributed by atoms with Gasteiger partial charge in [0.15, 0.2) is 0 Å². The van der Waals surface area contributed by atoms with Gasteiger partial charge in [-0.15, -0.1) is 11.3 Å². The summed E-state index contributed by atoms with van der Waals surface area (Å²) in [4.78, 5) is 3.37. The third-order valence-corrected chi connectivity index (χ3v) is 5.67. The Hall–Kier alpha value is -0.550. The number of nitrogens with two attached hydrogens (primary N) is 1. The maximum atomic E-state index is 6.12. The second-order valence-electron chi connectivity index (χ2n) is 4.47. The van der Waals surface area contributed by atoms with Crippen molar-refractivity contribution in [3.63, 3.8) is 0 Å². The molecule has 1 aromatic carbocycles. The molecule has 0 bridgehead atoms. The minimum absolute atomic E-state index is 0.135. The van der Waals surface area contributed by atoms with Crippen LogP contribution in [0.3, 0.4) is 0 Å². The first-order chi connectivity index (χ1) is 9.02. The molecular formula is C14H16BrClN2S. The van der Waals surface area contributed by atoms with Crippen molar-refractivity contribution in [1.29, 1.82) is 0 Å². The zero-order valence-corrected chi connectivity index (χ0v) is 14.0. The highest BCUT2D eigenvalue weighted by Crippen LogP contribution is 2.37. The van der Waals surface area contributed by atoms with E-state index < -0.39 is 0 Å². The summed E-state index contributed by atoms with van der Waals surface area (Å²) in [7, 11) is 2.06. The van der Waals surface area contributed by atoms with E-state index in [4.69, 9.17) is 17.3 Å². The molecule has 0 saturated heterocycles. The number of anilines is 1. The Morgan fingerprint density at radius 2 is 2.16 bits per heavy atom. The zero-order valence-electron chi connectivity index (χ0n) is 10.9. The van der Waals surface area contributed by atoms with Gasteiger partial charge in [0.25, 0.3) is 0 Å². The van der Waals surface area contributed by atoms with E-state index in [-0.39, 0.29) is 6.04 Å². The third kappa shape index (κ3) is 3.31. The number of thiophene rings is 1. The Bertz CT molecular complexity index is 551. The number of aryl methyl sites for hydroxylation is 1. The summed E-state index contributed by atoms with van der Waals surface area (Å²) in [5, 5.41) is 0. The molecule has 0 aliphatic heterocycles. The van der Waals surface area contributed by atoms with Gasteiger partial charge in [-0.05, 0) is 46.6 Å². The average molecular weight is 360 g/mol. The number of benzene rings is 1. The van der Waals surface area contributed by atoms with Crippen LogP contribution in [0.5, 0.6) is 0 Å². The highest BCUT2D eigenvalue weighted by atomic mass is 79.9. The number of hydrogen-bond acceptors (Lipinski definition) is 3. The fraction of sp³-hybridized carbons (Fsp3) is 0.286. The lowest BCUT2D eigenvalue weighted by molar-refractivity contribution is 0.692. The monoisotopic (exact) mass is 358 g/mol. The molecule has 0 aliphatic rings. The summed E-state index contributed by atoms with van der Waals surface area (Å²) in [6.45, 7) is 2.64. The van der Waals surface area contributed by atoms with Gasteiger partial charge >= 0.3 is 0 Å². The van der Waals surface area contributed by atoms with Crippen molar-refractivity contribution in [3.8, 4) is 0 Å². The van der Waals surface area contributed by atoms with Gasteiger partial charge < -0.3 is 10.6 Å². The molecule has 1 aromatic heterocycles. The predicted molar refractivity (Wildman–Crippen MR) is 88.4 cm³/mol. The van der Waals surface area contributed by atoms with Gasteiger partial charge in [-0.1, -0.05) is 23.7 Å². The highest BCUT2D eigenvalue weighted by molar-refractivity contribution is 9.10. The molecule has 0 radical (unpaired) electrons. The molecule has 0 fully saturated rings. The van der Waals surface area contributed by atoms with Gasteiger partial charge in [0, 0.05) is 28.6 Å². The Morgan fingerprint density at radius 1 is 1.42 bits per heavy atom. The molecular weight excluding hydrogens is 344 g/mol. The molecule has 0 aliphatic carbocycles. The summed E-state index contributed by atoms with van der Waals surface area (Å²) < 4.78 is 1.70. The fourth-order valence-electron chi connectivity index (χ4n) is 2.02. The third-order valence-electron chi connectivity index (χ3n) is 3.09. The molecule has 5 heteroatoms. The van der Waals surface area contributed by atoms with Gasteiger partial charge in [-0.25, -0.2) is 0 Å². The van der Waals surface area contributed by atoms with Crippen molar-refractivity contribution >= 4 is 44.6 Å². The number of likely N-dealkylation sites (N-methyl/N-ethyl adjacent to an activating group) is 1. The van der Waals surface area contributed by atoms with Crippen LogP contribution in [0.15, 0.2) is 34.8 Å². The quantitative estimate of drug-likeness (QED) is 0.864. The minimum atomic E-state index is 0.135. The van der Waals surface area contributed by atoms with Crippen LogP contribution >= 0.6 is 38.9 Å². The molecule has 0 amide bonds. The first-order valence-electron chi connectivity index (χ1n) is 5.97. The number of halogens is 2. The van der Waals surface area contributed by atoms with Crippen molar-refractivity contribution in [3.05, 3.63) is 49.6 Å². The summed E-state index contributed by atoms with van der Waals surface area (Å²) in [6, 6.07) is 10.6. The van der Waals surface area contributed by atoms with Crippen molar-refractivity contribution in [2.75, 3.05) is 18.5 Å². The first-order valence-corrected chi connectivity index (χ1v) is 7.96. The maximum absolute atomic E-state index is 6.12. The van der Waals surface area contributed by atoms with Crippen molar-refractivity contribution in [1.82, 2.24) is 0 Å². The molecule has 102 valence electrons. The predicted octanol–water partition coefficient (Wildman–Crippen LogP) is 4.61. The van der Waals surface area contributed by atoms with Crippen LogP contribution in [-0.4, -0.2) is 13.6 Å². The van der Waals surface area contributed by atoms with Crippen LogP contribution in [0.4, 0.5) is 5.69 Å². The summed E-state index contributed by atoms with van der Waals surface area (Å²) >= 11 is 11.1. The zero-order chi connectivity index (χ0) is 14.0. The standard InChI is InChI=1S/C14H16BrClN2S/c1-9-4-3-5-10(6-9)18(2)12(8-17)13-7-11(15)14(16)19-13/h3-7,12H,8,17H2,1-2H3. The maximum Gasteiger partial charge on any atom is 0.107 e. The topological polar surface area (TPSA) is 29.3 Å². The summed E-state index contributed by atoms with van der Waals surface area (Å²) in [6.07, 6.45) is 0. The van der Waals surface area contributed by atoms with Crippen LogP contribution in [0.1, 0.15) is 16.5 Å². The lowest BCUT2D eigenvalue weighted by atomic mass is 10.1. The van der Waals surface area contributed by atoms with Gasteiger partial charge in [-0.2, -0.15) is 0 Å².